The van der Waals surface area contributed by atoms with Gasteiger partial charge in [-0.1, -0.05) is 94.8 Å². The second-order valence-corrected chi connectivity index (χ2v) is 14.7. The van der Waals surface area contributed by atoms with Crippen LogP contribution in [-0.2, 0) is 16.2 Å². The molecule has 0 saturated carbocycles. The van der Waals surface area contributed by atoms with Crippen molar-refractivity contribution in [1.82, 2.24) is 5.32 Å². The maximum absolute atomic E-state index is 14.5. The van der Waals surface area contributed by atoms with Gasteiger partial charge in [0.25, 0.3) is 11.8 Å². The summed E-state index contributed by atoms with van der Waals surface area (Å²) in [7, 11) is 0. The highest BCUT2D eigenvalue weighted by molar-refractivity contribution is 9.10. The van der Waals surface area contributed by atoms with E-state index in [4.69, 9.17) is 4.74 Å². The fourth-order valence-corrected chi connectivity index (χ4v) is 8.21. The second kappa shape index (κ2) is 13.9. The van der Waals surface area contributed by atoms with Crippen molar-refractivity contribution in [2.24, 2.45) is 0 Å². The number of urea groups is 1. The van der Waals surface area contributed by atoms with Crippen molar-refractivity contribution in [3.63, 3.8) is 0 Å². The molecule has 1 saturated heterocycles. The fourth-order valence-electron chi connectivity index (χ4n) is 7.83. The van der Waals surface area contributed by atoms with E-state index in [1.165, 1.54) is 34.0 Å². The average Bonchev–Trinajstić information content (AvgIpc) is 3.15. The number of imide groups is 2. The molecule has 0 aromatic heterocycles. The Balaban J connectivity index is 1.21. The maximum atomic E-state index is 14.5. The number of nitrogens with zero attached hydrogens (tertiary/aromatic N) is 2. The van der Waals surface area contributed by atoms with Crippen LogP contribution >= 0.6 is 15.9 Å². The van der Waals surface area contributed by atoms with Gasteiger partial charge in [0.1, 0.15) is 17.9 Å². The number of barbiturate groups is 1. The number of nitrogens with one attached hydrogen (secondary N) is 1. The van der Waals surface area contributed by atoms with E-state index in [9.17, 15) is 14.4 Å². The van der Waals surface area contributed by atoms with Gasteiger partial charge in [-0.05, 0) is 102 Å². The largest absolute Gasteiger partial charge is 0.488 e. The van der Waals surface area contributed by atoms with Gasteiger partial charge < -0.3 is 9.64 Å². The molecule has 0 spiro atoms. The number of rotatable bonds is 7. The highest BCUT2D eigenvalue weighted by atomic mass is 79.9. The Bertz CT molecular complexity index is 2180. The van der Waals surface area contributed by atoms with Crippen LogP contribution in [0.5, 0.6) is 5.75 Å². The number of carbonyl (C=O) groups is 3. The molecule has 2 atom stereocenters. The lowest BCUT2D eigenvalue weighted by Gasteiger charge is -2.44. The summed E-state index contributed by atoms with van der Waals surface area (Å²) in [6.45, 7) is 6.28. The maximum Gasteiger partial charge on any atom is 0.335 e. The Labute approximate surface area is 312 Å². The number of amides is 4. The van der Waals surface area contributed by atoms with E-state index in [0.717, 1.165) is 52.0 Å². The average molecular weight is 753 g/mol. The number of halogens is 1. The smallest absolute Gasteiger partial charge is 0.335 e. The van der Waals surface area contributed by atoms with Gasteiger partial charge in [-0.2, -0.15) is 0 Å². The van der Waals surface area contributed by atoms with Gasteiger partial charge in [0.15, 0.2) is 0 Å². The van der Waals surface area contributed by atoms with Crippen molar-refractivity contribution in [3.8, 4) is 5.75 Å². The van der Waals surface area contributed by atoms with E-state index < -0.39 is 17.8 Å². The third-order valence-electron chi connectivity index (χ3n) is 10.6. The monoisotopic (exact) mass is 751 g/mol. The molecule has 3 aliphatic rings. The summed E-state index contributed by atoms with van der Waals surface area (Å²) in [5, 5.41) is 2.45. The molecule has 4 amide bonds. The Morgan fingerprint density at radius 2 is 1.40 bits per heavy atom. The quantitative estimate of drug-likeness (QED) is 0.133. The number of aryl methyl sites for hydroxylation is 2. The fraction of sp³-hybridized carbons (Fsp3) is 0.205. The van der Waals surface area contributed by atoms with Gasteiger partial charge in [0.05, 0.1) is 5.69 Å². The highest BCUT2D eigenvalue weighted by Gasteiger charge is 2.40. The van der Waals surface area contributed by atoms with Crippen molar-refractivity contribution in [1.29, 1.82) is 0 Å². The van der Waals surface area contributed by atoms with Crippen LogP contribution in [0, 0.1) is 13.8 Å². The predicted molar refractivity (Wildman–Crippen MR) is 208 cm³/mol. The number of hydrogen-bond acceptors (Lipinski definition) is 5. The molecule has 3 aliphatic heterocycles. The first kappa shape index (κ1) is 33.7. The van der Waals surface area contributed by atoms with Crippen LogP contribution in [0.4, 0.5) is 16.2 Å². The van der Waals surface area contributed by atoms with Crippen molar-refractivity contribution < 1.29 is 19.1 Å². The van der Waals surface area contributed by atoms with E-state index in [0.29, 0.717) is 23.6 Å². The van der Waals surface area contributed by atoms with Crippen molar-refractivity contribution in [2.75, 3.05) is 22.9 Å². The Morgan fingerprint density at radius 3 is 2.02 bits per heavy atom. The highest BCUT2D eigenvalue weighted by Crippen LogP contribution is 2.50. The topological polar surface area (TPSA) is 79.0 Å². The molecule has 0 aliphatic carbocycles. The molecule has 52 heavy (non-hydrogen) atoms. The molecule has 8 heteroatoms. The van der Waals surface area contributed by atoms with Gasteiger partial charge in [-0.25, -0.2) is 9.69 Å². The van der Waals surface area contributed by atoms with Gasteiger partial charge in [-0.3, -0.25) is 14.9 Å². The first-order chi connectivity index (χ1) is 25.2. The molecule has 1 fully saturated rings. The number of benzene rings is 5. The molecular weight excluding hydrogens is 714 g/mol. The zero-order valence-electron chi connectivity index (χ0n) is 29.1. The summed E-state index contributed by atoms with van der Waals surface area (Å²) in [6, 6.07) is 35.7. The first-order valence-corrected chi connectivity index (χ1v) is 18.5. The van der Waals surface area contributed by atoms with Crippen LogP contribution in [0.3, 0.4) is 0 Å². The Kier molecular flexibility index (Phi) is 9.01. The molecule has 3 heterocycles. The summed E-state index contributed by atoms with van der Waals surface area (Å²) in [4.78, 5) is 45.1. The summed E-state index contributed by atoms with van der Waals surface area (Å²) < 4.78 is 7.00. The van der Waals surface area contributed by atoms with Crippen LogP contribution < -0.4 is 19.9 Å². The minimum absolute atomic E-state index is 0.0824. The lowest BCUT2D eigenvalue weighted by atomic mass is 9.76. The van der Waals surface area contributed by atoms with Gasteiger partial charge in [0, 0.05) is 40.6 Å². The molecule has 5 aromatic carbocycles. The van der Waals surface area contributed by atoms with Crippen LogP contribution in [0.2, 0.25) is 0 Å². The van der Waals surface area contributed by atoms with Gasteiger partial charge in [0.2, 0.25) is 0 Å². The summed E-state index contributed by atoms with van der Waals surface area (Å²) in [5.74, 6) is -0.760. The first-order valence-electron chi connectivity index (χ1n) is 17.7. The molecule has 260 valence electrons. The van der Waals surface area contributed by atoms with Crippen molar-refractivity contribution >= 4 is 51.2 Å². The summed E-state index contributed by atoms with van der Waals surface area (Å²) in [6.07, 6.45) is 3.34. The number of anilines is 2. The molecule has 8 rings (SSSR count). The zero-order valence-corrected chi connectivity index (χ0v) is 30.7. The molecular formula is C44H38BrN3O4. The van der Waals surface area contributed by atoms with Crippen molar-refractivity contribution in [2.45, 2.75) is 45.1 Å². The molecule has 0 bridgehead atoms. The number of hydrogen-bond donors (Lipinski definition) is 1. The standard InChI is InChI=1S/C44H38BrN3O4/c1-27-13-14-29(21-28(27)2)26-52-40-16-15-33(45)22-32(40)23-39-42(49)46-44(51)48(43(39)50)34-24-37-35(30-9-5-3-6-10-30)17-19-47-20-18-36(38(25-34)41(37)47)31-11-7-4-8-12-31/h3-16,21-25,35-36H,17-20,26H2,1-2H3,(H,46,49,51)/b39-23+/t35-,36-/m1/s1. The lowest BCUT2D eigenvalue weighted by Crippen LogP contribution is -2.54. The minimum Gasteiger partial charge on any atom is -0.488 e. The summed E-state index contributed by atoms with van der Waals surface area (Å²) >= 11 is 3.54. The van der Waals surface area contributed by atoms with Crippen molar-refractivity contribution in [3.05, 3.63) is 164 Å². The molecule has 7 nitrogen and oxygen atoms in total. The van der Waals surface area contributed by atoms with E-state index in [2.05, 4.69) is 101 Å². The number of ether oxygens (including phenoxy) is 1. The third kappa shape index (κ3) is 6.32. The van der Waals surface area contributed by atoms with Crippen LogP contribution in [0.1, 0.15) is 69.2 Å². The van der Waals surface area contributed by atoms with E-state index in [1.807, 2.05) is 36.4 Å². The van der Waals surface area contributed by atoms with Crippen LogP contribution in [0.15, 0.2) is 119 Å². The van der Waals surface area contributed by atoms with E-state index >= 15 is 0 Å². The Morgan fingerprint density at radius 1 is 0.769 bits per heavy atom. The molecule has 0 unspecified atom stereocenters. The number of carbonyl (C=O) groups excluding carboxylic acids is 3. The Hall–Kier alpha value is -5.47. The second-order valence-electron chi connectivity index (χ2n) is 13.8. The van der Waals surface area contributed by atoms with Gasteiger partial charge >= 0.3 is 6.03 Å². The molecule has 0 radical (unpaired) electrons. The minimum atomic E-state index is -0.768. The zero-order chi connectivity index (χ0) is 35.9. The summed E-state index contributed by atoms with van der Waals surface area (Å²) in [5.41, 5.74) is 9.94. The third-order valence-corrected chi connectivity index (χ3v) is 11.1. The predicted octanol–water partition coefficient (Wildman–Crippen LogP) is 9.19. The van der Waals surface area contributed by atoms with Crippen LogP contribution in [0.25, 0.3) is 6.08 Å². The lowest BCUT2D eigenvalue weighted by molar-refractivity contribution is -0.122. The van der Waals surface area contributed by atoms with E-state index in [-0.39, 0.29) is 17.4 Å². The van der Waals surface area contributed by atoms with Crippen LogP contribution in [-0.4, -0.2) is 30.9 Å². The normalized spacial score (nSPS) is 19.1. The molecule has 1 N–H and O–H groups in total. The van der Waals surface area contributed by atoms with Gasteiger partial charge in [-0.15, -0.1) is 0 Å². The molecule has 5 aromatic rings. The SMILES string of the molecule is Cc1ccc(COc2ccc(Br)cc2/C=C2\C(=O)NC(=O)N(c3cc4c5c(c3)[C@@H](c3ccccc3)CCN5CC[C@@H]4c3ccccc3)C2=O)cc1C. The van der Waals surface area contributed by atoms with E-state index in [1.54, 1.807) is 12.1 Å².